The summed E-state index contributed by atoms with van der Waals surface area (Å²) in [6, 6.07) is 5.88. The number of nitrogens with one attached hydrogen (secondary N) is 1. The molecule has 0 aliphatic carbocycles. The van der Waals surface area contributed by atoms with Gasteiger partial charge in [0.2, 0.25) is 0 Å². The van der Waals surface area contributed by atoms with Gasteiger partial charge >= 0.3 is 0 Å². The van der Waals surface area contributed by atoms with Crippen molar-refractivity contribution in [3.05, 3.63) is 46.8 Å². The van der Waals surface area contributed by atoms with Gasteiger partial charge in [-0.3, -0.25) is 9.48 Å². The second kappa shape index (κ2) is 4.64. The van der Waals surface area contributed by atoms with E-state index < -0.39 is 0 Å². The van der Waals surface area contributed by atoms with Crippen LogP contribution >= 0.6 is 0 Å². The van der Waals surface area contributed by atoms with Gasteiger partial charge in [0, 0.05) is 18.4 Å². The van der Waals surface area contributed by atoms with E-state index in [0.29, 0.717) is 5.56 Å². The summed E-state index contributed by atoms with van der Waals surface area (Å²) in [7, 11) is 1.82. The van der Waals surface area contributed by atoms with E-state index in [1.807, 2.05) is 46.0 Å². The van der Waals surface area contributed by atoms with Crippen LogP contribution in [0.4, 0.5) is 5.69 Å². The Morgan fingerprint density at radius 2 is 2.00 bits per heavy atom. The molecular weight excluding hydrogens is 226 g/mol. The topological polar surface area (TPSA) is 46.9 Å². The number of rotatable bonds is 2. The molecule has 2 aromatic rings. The zero-order chi connectivity index (χ0) is 13.3. The molecule has 1 N–H and O–H groups in total. The van der Waals surface area contributed by atoms with Gasteiger partial charge in [-0.15, -0.1) is 0 Å². The molecule has 18 heavy (non-hydrogen) atoms. The molecule has 4 nitrogen and oxygen atoms in total. The highest BCUT2D eigenvalue weighted by atomic mass is 16.1. The highest BCUT2D eigenvalue weighted by Crippen LogP contribution is 2.19. The van der Waals surface area contributed by atoms with Gasteiger partial charge in [0.05, 0.1) is 11.8 Å². The molecule has 1 aromatic carbocycles. The van der Waals surface area contributed by atoms with Crippen molar-refractivity contribution in [1.82, 2.24) is 9.78 Å². The fourth-order valence-corrected chi connectivity index (χ4v) is 1.80. The maximum atomic E-state index is 12.1. The van der Waals surface area contributed by atoms with Gasteiger partial charge in [-0.1, -0.05) is 12.1 Å². The molecule has 0 spiro atoms. The van der Waals surface area contributed by atoms with E-state index in [1.54, 1.807) is 10.9 Å². The summed E-state index contributed by atoms with van der Waals surface area (Å²) in [5.41, 5.74) is 4.57. The number of aromatic nitrogens is 2. The van der Waals surface area contributed by atoms with Crippen molar-refractivity contribution in [2.24, 2.45) is 7.05 Å². The van der Waals surface area contributed by atoms with Crippen molar-refractivity contribution >= 4 is 11.6 Å². The van der Waals surface area contributed by atoms with Crippen molar-refractivity contribution in [2.45, 2.75) is 20.8 Å². The number of hydrogen-bond donors (Lipinski definition) is 1. The number of anilines is 1. The highest BCUT2D eigenvalue weighted by molar-refractivity contribution is 6.05. The Hall–Kier alpha value is -2.10. The fourth-order valence-electron chi connectivity index (χ4n) is 1.80. The van der Waals surface area contributed by atoms with E-state index >= 15 is 0 Å². The lowest BCUT2D eigenvalue weighted by atomic mass is 10.1. The summed E-state index contributed by atoms with van der Waals surface area (Å²) in [6.45, 7) is 5.91. The minimum absolute atomic E-state index is 0.116. The van der Waals surface area contributed by atoms with Gasteiger partial charge in [-0.25, -0.2) is 0 Å². The zero-order valence-electron chi connectivity index (χ0n) is 11.1. The molecule has 0 saturated carbocycles. The minimum Gasteiger partial charge on any atom is -0.322 e. The van der Waals surface area contributed by atoms with Crippen molar-refractivity contribution in [2.75, 3.05) is 5.32 Å². The van der Waals surface area contributed by atoms with Crippen molar-refractivity contribution < 1.29 is 4.79 Å². The molecule has 0 aliphatic heterocycles. The van der Waals surface area contributed by atoms with Crippen LogP contribution in [0.1, 0.15) is 27.2 Å². The van der Waals surface area contributed by atoms with Crippen LogP contribution in [0.2, 0.25) is 0 Å². The molecule has 2 rings (SSSR count). The third-order valence-electron chi connectivity index (χ3n) is 3.33. The number of aryl methyl sites for hydroxylation is 2. The maximum Gasteiger partial charge on any atom is 0.259 e. The van der Waals surface area contributed by atoms with Gasteiger partial charge < -0.3 is 5.32 Å². The number of benzene rings is 1. The number of carbonyl (C=O) groups excluding carboxylic acids is 1. The lowest BCUT2D eigenvalue weighted by molar-refractivity contribution is 0.102. The van der Waals surface area contributed by atoms with Crippen LogP contribution in [0.15, 0.2) is 24.4 Å². The van der Waals surface area contributed by atoms with Gasteiger partial charge in [-0.2, -0.15) is 5.10 Å². The zero-order valence-corrected chi connectivity index (χ0v) is 11.1. The Bertz CT molecular complexity index is 599. The third-order valence-corrected chi connectivity index (χ3v) is 3.33. The van der Waals surface area contributed by atoms with E-state index in [1.165, 1.54) is 0 Å². The Labute approximate surface area is 107 Å². The molecule has 1 aromatic heterocycles. The summed E-state index contributed by atoms with van der Waals surface area (Å²) in [5.74, 6) is -0.116. The minimum atomic E-state index is -0.116. The Balaban J connectivity index is 2.27. The van der Waals surface area contributed by atoms with Gasteiger partial charge in [0.25, 0.3) is 5.91 Å². The Morgan fingerprint density at radius 3 is 2.61 bits per heavy atom. The van der Waals surface area contributed by atoms with E-state index in [0.717, 1.165) is 22.5 Å². The monoisotopic (exact) mass is 243 g/mol. The molecule has 4 heteroatoms. The molecule has 0 unspecified atom stereocenters. The molecule has 0 aliphatic rings. The second-order valence-electron chi connectivity index (χ2n) is 4.47. The van der Waals surface area contributed by atoms with E-state index in [-0.39, 0.29) is 5.91 Å². The maximum absolute atomic E-state index is 12.1. The molecule has 0 atom stereocenters. The average Bonchev–Trinajstić information content (AvgIpc) is 2.66. The Morgan fingerprint density at radius 1 is 1.28 bits per heavy atom. The molecule has 0 saturated heterocycles. The van der Waals surface area contributed by atoms with Crippen molar-refractivity contribution in [3.8, 4) is 0 Å². The van der Waals surface area contributed by atoms with E-state index in [9.17, 15) is 4.79 Å². The number of carbonyl (C=O) groups is 1. The first kappa shape index (κ1) is 12.4. The van der Waals surface area contributed by atoms with E-state index in [2.05, 4.69) is 10.4 Å². The largest absolute Gasteiger partial charge is 0.322 e. The predicted octanol–water partition coefficient (Wildman–Crippen LogP) is 2.60. The average molecular weight is 243 g/mol. The number of hydrogen-bond acceptors (Lipinski definition) is 2. The SMILES string of the molecule is Cc1cccc(NC(=O)c2cnn(C)c2C)c1C. The summed E-state index contributed by atoms with van der Waals surface area (Å²) in [6.07, 6.45) is 1.59. The molecule has 1 heterocycles. The smallest absolute Gasteiger partial charge is 0.259 e. The lowest BCUT2D eigenvalue weighted by Crippen LogP contribution is -2.14. The van der Waals surface area contributed by atoms with Crippen LogP contribution in [0.25, 0.3) is 0 Å². The summed E-state index contributed by atoms with van der Waals surface area (Å²) in [4.78, 5) is 12.1. The van der Waals surface area contributed by atoms with Gasteiger partial charge in [0.1, 0.15) is 0 Å². The summed E-state index contributed by atoms with van der Waals surface area (Å²) >= 11 is 0. The van der Waals surface area contributed by atoms with Crippen LogP contribution in [-0.2, 0) is 7.05 Å². The number of amides is 1. The number of nitrogens with zero attached hydrogens (tertiary/aromatic N) is 2. The van der Waals surface area contributed by atoms with Crippen LogP contribution in [-0.4, -0.2) is 15.7 Å². The molecule has 0 bridgehead atoms. The van der Waals surface area contributed by atoms with Gasteiger partial charge in [-0.05, 0) is 38.0 Å². The molecule has 0 radical (unpaired) electrons. The highest BCUT2D eigenvalue weighted by Gasteiger charge is 2.13. The first-order valence-electron chi connectivity index (χ1n) is 5.87. The van der Waals surface area contributed by atoms with Crippen LogP contribution < -0.4 is 5.32 Å². The molecule has 94 valence electrons. The standard InChI is InChI=1S/C14H17N3O/c1-9-6-5-7-13(10(9)2)16-14(18)12-8-15-17(4)11(12)3/h5-8H,1-4H3,(H,16,18). The summed E-state index contributed by atoms with van der Waals surface area (Å²) in [5, 5.41) is 7.00. The third kappa shape index (κ3) is 2.14. The first-order chi connectivity index (χ1) is 8.50. The second-order valence-corrected chi connectivity index (χ2v) is 4.47. The van der Waals surface area contributed by atoms with Crippen LogP contribution in [0, 0.1) is 20.8 Å². The fraction of sp³-hybridized carbons (Fsp3) is 0.286. The molecular formula is C14H17N3O. The normalized spacial score (nSPS) is 10.4. The Kier molecular flexibility index (Phi) is 3.19. The van der Waals surface area contributed by atoms with Gasteiger partial charge in [0.15, 0.2) is 0 Å². The van der Waals surface area contributed by atoms with Crippen molar-refractivity contribution in [1.29, 1.82) is 0 Å². The van der Waals surface area contributed by atoms with Crippen LogP contribution in [0.5, 0.6) is 0 Å². The van der Waals surface area contributed by atoms with Crippen LogP contribution in [0.3, 0.4) is 0 Å². The first-order valence-corrected chi connectivity index (χ1v) is 5.87. The quantitative estimate of drug-likeness (QED) is 0.881. The van der Waals surface area contributed by atoms with Crippen molar-refractivity contribution in [3.63, 3.8) is 0 Å². The predicted molar refractivity (Wildman–Crippen MR) is 71.8 cm³/mol. The lowest BCUT2D eigenvalue weighted by Gasteiger charge is -2.10. The summed E-state index contributed by atoms with van der Waals surface area (Å²) < 4.78 is 1.69. The molecule has 1 amide bonds. The molecule has 0 fully saturated rings. The van der Waals surface area contributed by atoms with E-state index in [4.69, 9.17) is 0 Å².